The quantitative estimate of drug-likeness (QED) is 0.704. The summed E-state index contributed by atoms with van der Waals surface area (Å²) >= 11 is 4.88. The predicted molar refractivity (Wildman–Crippen MR) is 55.3 cm³/mol. The first-order chi connectivity index (χ1) is 6.11. The lowest BCUT2D eigenvalue weighted by atomic mass is 10.2. The summed E-state index contributed by atoms with van der Waals surface area (Å²) in [7, 11) is 1.66. The van der Waals surface area contributed by atoms with Crippen molar-refractivity contribution in [2.45, 2.75) is 15.5 Å². The van der Waals surface area contributed by atoms with E-state index in [1.165, 1.54) is 17.3 Å². The Balaban J connectivity index is 2.36. The molecule has 0 spiro atoms. The molecule has 0 radical (unpaired) electrons. The van der Waals surface area contributed by atoms with Gasteiger partial charge < -0.3 is 4.74 Å². The van der Waals surface area contributed by atoms with Gasteiger partial charge in [0.05, 0.1) is 12.6 Å². The first-order valence-corrected chi connectivity index (χ1v) is 5.26. The van der Waals surface area contributed by atoms with E-state index in [0.29, 0.717) is 0 Å². The molecule has 1 aliphatic rings. The summed E-state index contributed by atoms with van der Waals surface area (Å²) in [5.74, 6) is 0.858. The highest BCUT2D eigenvalue weighted by Gasteiger charge is 2.19. The number of halogens is 1. The van der Waals surface area contributed by atoms with Crippen molar-refractivity contribution in [2.24, 2.45) is 0 Å². The topological polar surface area (TPSA) is 9.23 Å². The predicted octanol–water partition coefficient (Wildman–Crippen LogP) is 3.06. The average Bonchev–Trinajstić information content (AvgIpc) is 2.36. The molecule has 0 saturated heterocycles. The summed E-state index contributed by atoms with van der Waals surface area (Å²) in [6.45, 7) is 0. The summed E-state index contributed by atoms with van der Waals surface area (Å²) in [5, 5.41) is 0. The monoisotopic (exact) mass is 245 g/mol. The van der Waals surface area contributed by atoms with Crippen molar-refractivity contribution in [1.29, 1.82) is 0 Å². The molecule has 0 aromatic heterocycles. The van der Waals surface area contributed by atoms with Crippen LogP contribution in [0.25, 0.3) is 0 Å². The standard InChI is InChI=1S/C9H9BrOS/c1-11-7-3-2-6-4-9(10)12-8(6)5-7/h2-3,5,9H,4H2,1H3/i9D. The van der Waals surface area contributed by atoms with Crippen molar-refractivity contribution >= 4 is 27.7 Å². The molecule has 0 saturated carbocycles. The largest absolute Gasteiger partial charge is 0.497 e. The summed E-state index contributed by atoms with van der Waals surface area (Å²) < 4.78 is 12.4. The van der Waals surface area contributed by atoms with Gasteiger partial charge in [-0.2, -0.15) is 0 Å². The van der Waals surface area contributed by atoms with E-state index >= 15 is 0 Å². The van der Waals surface area contributed by atoms with E-state index in [1.807, 2.05) is 18.2 Å². The van der Waals surface area contributed by atoms with Crippen molar-refractivity contribution in [3.63, 3.8) is 0 Å². The Morgan fingerprint density at radius 2 is 2.58 bits per heavy atom. The Bertz CT molecular complexity index is 340. The molecule has 2 rings (SSSR count). The molecular formula is C9H9BrOS. The fourth-order valence-corrected chi connectivity index (χ4v) is 2.95. The summed E-state index contributed by atoms with van der Waals surface area (Å²) in [5.41, 5.74) is 1.22. The molecule has 0 N–H and O–H groups in total. The average molecular weight is 246 g/mol. The number of hydrogen-bond acceptors (Lipinski definition) is 2. The molecular weight excluding hydrogens is 236 g/mol. The molecule has 1 unspecified atom stereocenters. The van der Waals surface area contributed by atoms with Gasteiger partial charge in [0.1, 0.15) is 5.75 Å². The summed E-state index contributed by atoms with van der Waals surface area (Å²) in [6, 6.07) is 5.95. The second-order valence-corrected chi connectivity index (χ2v) is 5.23. The van der Waals surface area contributed by atoms with Crippen LogP contribution in [0.1, 0.15) is 6.93 Å². The number of rotatable bonds is 1. The number of benzene rings is 1. The maximum absolute atomic E-state index is 7.84. The number of alkyl halides is 1. The maximum Gasteiger partial charge on any atom is 0.119 e. The lowest BCUT2D eigenvalue weighted by Crippen LogP contribution is -1.86. The van der Waals surface area contributed by atoms with E-state index in [0.717, 1.165) is 17.1 Å². The van der Waals surface area contributed by atoms with Gasteiger partial charge in [-0.05, 0) is 24.1 Å². The first-order valence-electron chi connectivity index (χ1n) is 4.15. The fourth-order valence-electron chi connectivity index (χ4n) is 1.21. The Kier molecular flexibility index (Phi) is 2.00. The second-order valence-electron chi connectivity index (χ2n) is 2.61. The first kappa shape index (κ1) is 7.27. The molecule has 0 amide bonds. The lowest BCUT2D eigenvalue weighted by Gasteiger charge is -2.01. The van der Waals surface area contributed by atoms with Crippen LogP contribution in [-0.2, 0) is 6.42 Å². The van der Waals surface area contributed by atoms with Crippen molar-refractivity contribution in [2.75, 3.05) is 7.11 Å². The fraction of sp³-hybridized carbons (Fsp3) is 0.333. The number of hydrogen-bond donors (Lipinski definition) is 0. The number of thioether (sulfide) groups is 1. The Labute approximate surface area is 86.0 Å². The Morgan fingerprint density at radius 1 is 1.75 bits per heavy atom. The van der Waals surface area contributed by atoms with Crippen molar-refractivity contribution in [3.05, 3.63) is 23.8 Å². The van der Waals surface area contributed by atoms with E-state index in [9.17, 15) is 0 Å². The van der Waals surface area contributed by atoms with Crippen LogP contribution in [0.15, 0.2) is 23.1 Å². The highest BCUT2D eigenvalue weighted by molar-refractivity contribution is 9.11. The zero-order valence-electron chi connectivity index (χ0n) is 7.63. The maximum atomic E-state index is 7.84. The van der Waals surface area contributed by atoms with Gasteiger partial charge in [-0.25, -0.2) is 0 Å². The summed E-state index contributed by atoms with van der Waals surface area (Å²) in [4.78, 5) is 1.14. The molecule has 1 aromatic rings. The number of fused-ring (bicyclic) bond motifs is 1. The van der Waals surface area contributed by atoms with Crippen molar-refractivity contribution in [1.82, 2.24) is 0 Å². The number of ether oxygens (including phenoxy) is 1. The molecule has 64 valence electrons. The van der Waals surface area contributed by atoms with Gasteiger partial charge in [-0.3, -0.25) is 0 Å². The minimum absolute atomic E-state index is 0.582. The molecule has 1 aromatic carbocycles. The highest BCUT2D eigenvalue weighted by Crippen LogP contribution is 2.41. The molecule has 3 heteroatoms. The van der Waals surface area contributed by atoms with Gasteiger partial charge in [0, 0.05) is 4.90 Å². The normalized spacial score (nSPS) is 28.0. The minimum atomic E-state index is -0.582. The van der Waals surface area contributed by atoms with Gasteiger partial charge in [0.2, 0.25) is 0 Å². The molecule has 1 heterocycles. The van der Waals surface area contributed by atoms with Crippen LogP contribution >= 0.6 is 27.7 Å². The third-order valence-electron chi connectivity index (χ3n) is 1.82. The smallest absolute Gasteiger partial charge is 0.119 e. The van der Waals surface area contributed by atoms with E-state index in [4.69, 9.17) is 6.11 Å². The van der Waals surface area contributed by atoms with E-state index < -0.39 is 4.14 Å². The van der Waals surface area contributed by atoms with Crippen LogP contribution in [-0.4, -0.2) is 11.2 Å². The second kappa shape index (κ2) is 3.30. The molecule has 1 atom stereocenters. The van der Waals surface area contributed by atoms with E-state index in [-0.39, 0.29) is 0 Å². The molecule has 1 aliphatic heterocycles. The third-order valence-corrected chi connectivity index (χ3v) is 3.56. The SMILES string of the molecule is [2H]C1(Br)Cc2ccc(OC)cc2S1. The van der Waals surface area contributed by atoms with Gasteiger partial charge in [-0.1, -0.05) is 22.0 Å². The molecule has 0 bridgehead atoms. The summed E-state index contributed by atoms with van der Waals surface area (Å²) in [6.07, 6.45) is 0.747. The molecule has 1 nitrogen and oxygen atoms in total. The van der Waals surface area contributed by atoms with Crippen LogP contribution in [0.3, 0.4) is 0 Å². The molecule has 0 fully saturated rings. The van der Waals surface area contributed by atoms with Crippen LogP contribution in [0.4, 0.5) is 0 Å². The van der Waals surface area contributed by atoms with Crippen LogP contribution in [0, 0.1) is 0 Å². The molecule has 0 aliphatic carbocycles. The zero-order chi connectivity index (χ0) is 9.47. The van der Waals surface area contributed by atoms with Crippen LogP contribution in [0.2, 0.25) is 0 Å². The van der Waals surface area contributed by atoms with Crippen molar-refractivity contribution in [3.8, 4) is 5.75 Å². The van der Waals surface area contributed by atoms with Gasteiger partial charge in [-0.15, -0.1) is 11.8 Å². The van der Waals surface area contributed by atoms with E-state index in [2.05, 4.69) is 15.9 Å². The van der Waals surface area contributed by atoms with Crippen molar-refractivity contribution < 1.29 is 6.11 Å². The van der Waals surface area contributed by atoms with E-state index in [1.54, 1.807) is 7.11 Å². The highest BCUT2D eigenvalue weighted by atomic mass is 79.9. The van der Waals surface area contributed by atoms with Gasteiger partial charge in [0.15, 0.2) is 0 Å². The number of methoxy groups -OCH3 is 1. The lowest BCUT2D eigenvalue weighted by molar-refractivity contribution is 0.413. The third kappa shape index (κ3) is 1.48. The Morgan fingerprint density at radius 3 is 3.33 bits per heavy atom. The van der Waals surface area contributed by atoms with Crippen LogP contribution < -0.4 is 4.74 Å². The minimum Gasteiger partial charge on any atom is -0.497 e. The Hall–Kier alpha value is -0.150. The van der Waals surface area contributed by atoms with Crippen LogP contribution in [0.5, 0.6) is 5.75 Å². The van der Waals surface area contributed by atoms with Gasteiger partial charge >= 0.3 is 0 Å². The zero-order valence-corrected chi connectivity index (χ0v) is 9.04. The van der Waals surface area contributed by atoms with Gasteiger partial charge in [0.25, 0.3) is 0 Å². The molecule has 12 heavy (non-hydrogen) atoms.